The molecule has 0 fully saturated rings. The monoisotopic (exact) mass is 250 g/mol. The van der Waals surface area contributed by atoms with E-state index in [1.807, 2.05) is 19.1 Å². The minimum atomic E-state index is 0.0553. The van der Waals surface area contributed by atoms with Crippen LogP contribution in [0.5, 0.6) is 0 Å². The largest absolute Gasteiger partial charge is 0.392 e. The molecule has 0 atom stereocenters. The van der Waals surface area contributed by atoms with Gasteiger partial charge in [-0.05, 0) is 36.3 Å². The van der Waals surface area contributed by atoms with Crippen LogP contribution in [-0.2, 0) is 6.61 Å². The first-order chi connectivity index (χ1) is 8.45. The molecule has 1 heterocycles. The van der Waals surface area contributed by atoms with Crippen molar-refractivity contribution in [3.05, 3.63) is 23.4 Å². The van der Waals surface area contributed by atoms with E-state index in [1.165, 1.54) is 0 Å². The summed E-state index contributed by atoms with van der Waals surface area (Å²) in [6.07, 6.45) is 0. The standard InChI is InChI=1S/C15H26N2O/c1-10(2)14(11(3)4)8-16-15-7-6-13(9-18)12(5)17-15/h6-7,10-11,14,18H,8-9H2,1-5H3,(H,16,17). The van der Waals surface area contributed by atoms with E-state index in [4.69, 9.17) is 5.11 Å². The molecular formula is C15H26N2O. The number of hydrogen-bond acceptors (Lipinski definition) is 3. The van der Waals surface area contributed by atoms with Crippen LogP contribution >= 0.6 is 0 Å². The van der Waals surface area contributed by atoms with E-state index >= 15 is 0 Å². The highest BCUT2D eigenvalue weighted by Crippen LogP contribution is 2.21. The third-order valence-electron chi connectivity index (χ3n) is 3.60. The molecule has 0 unspecified atom stereocenters. The first-order valence-corrected chi connectivity index (χ1v) is 6.77. The molecule has 0 aromatic carbocycles. The number of rotatable bonds is 6. The number of nitrogens with zero attached hydrogens (tertiary/aromatic N) is 1. The molecule has 0 spiro atoms. The van der Waals surface area contributed by atoms with Crippen molar-refractivity contribution in [3.63, 3.8) is 0 Å². The molecule has 0 aliphatic rings. The maximum Gasteiger partial charge on any atom is 0.126 e. The molecule has 0 bridgehead atoms. The third kappa shape index (κ3) is 3.98. The lowest BCUT2D eigenvalue weighted by Crippen LogP contribution is -2.24. The summed E-state index contributed by atoms with van der Waals surface area (Å²) in [5.74, 6) is 2.87. The van der Waals surface area contributed by atoms with Crippen molar-refractivity contribution in [2.24, 2.45) is 17.8 Å². The van der Waals surface area contributed by atoms with Gasteiger partial charge in [-0.25, -0.2) is 4.98 Å². The van der Waals surface area contributed by atoms with Gasteiger partial charge in [0.05, 0.1) is 6.61 Å². The molecule has 0 aliphatic heterocycles. The van der Waals surface area contributed by atoms with Gasteiger partial charge in [0, 0.05) is 12.2 Å². The van der Waals surface area contributed by atoms with Crippen LogP contribution in [0.1, 0.15) is 39.0 Å². The summed E-state index contributed by atoms with van der Waals surface area (Å²) in [7, 11) is 0. The fourth-order valence-electron chi connectivity index (χ4n) is 2.32. The van der Waals surface area contributed by atoms with Crippen LogP contribution in [0.3, 0.4) is 0 Å². The maximum atomic E-state index is 9.11. The van der Waals surface area contributed by atoms with Gasteiger partial charge < -0.3 is 10.4 Å². The highest BCUT2D eigenvalue weighted by molar-refractivity contribution is 5.38. The minimum absolute atomic E-state index is 0.0553. The van der Waals surface area contributed by atoms with E-state index in [0.717, 1.165) is 23.6 Å². The van der Waals surface area contributed by atoms with Crippen molar-refractivity contribution >= 4 is 5.82 Å². The van der Waals surface area contributed by atoms with Gasteiger partial charge in [0.2, 0.25) is 0 Å². The second kappa shape index (κ2) is 6.74. The Morgan fingerprint density at radius 3 is 2.22 bits per heavy atom. The summed E-state index contributed by atoms with van der Waals surface area (Å²) in [6.45, 7) is 12.0. The van der Waals surface area contributed by atoms with Crippen molar-refractivity contribution in [2.45, 2.75) is 41.2 Å². The molecular weight excluding hydrogens is 224 g/mol. The second-order valence-electron chi connectivity index (χ2n) is 5.63. The summed E-state index contributed by atoms with van der Waals surface area (Å²) in [5, 5.41) is 12.5. The van der Waals surface area contributed by atoms with Gasteiger partial charge in [-0.1, -0.05) is 33.8 Å². The van der Waals surface area contributed by atoms with E-state index in [-0.39, 0.29) is 6.61 Å². The third-order valence-corrected chi connectivity index (χ3v) is 3.60. The fraction of sp³-hybridized carbons (Fsp3) is 0.667. The predicted molar refractivity (Wildman–Crippen MR) is 76.6 cm³/mol. The zero-order valence-corrected chi connectivity index (χ0v) is 12.2. The first-order valence-electron chi connectivity index (χ1n) is 6.77. The summed E-state index contributed by atoms with van der Waals surface area (Å²) >= 11 is 0. The van der Waals surface area contributed by atoms with Gasteiger partial charge in [0.25, 0.3) is 0 Å². The van der Waals surface area contributed by atoms with Crippen molar-refractivity contribution in [1.82, 2.24) is 4.98 Å². The first kappa shape index (κ1) is 15.0. The number of aliphatic hydroxyl groups is 1. The number of aryl methyl sites for hydroxylation is 1. The quantitative estimate of drug-likeness (QED) is 0.815. The molecule has 18 heavy (non-hydrogen) atoms. The molecule has 1 rings (SSSR count). The predicted octanol–water partition coefficient (Wildman–Crippen LogP) is 3.22. The van der Waals surface area contributed by atoms with Gasteiger partial charge in [-0.2, -0.15) is 0 Å². The highest BCUT2D eigenvalue weighted by Gasteiger charge is 2.17. The zero-order valence-electron chi connectivity index (χ0n) is 12.2. The van der Waals surface area contributed by atoms with Crippen LogP contribution in [-0.4, -0.2) is 16.6 Å². The summed E-state index contributed by atoms with van der Waals surface area (Å²) in [6, 6.07) is 3.88. The molecule has 0 aliphatic carbocycles. The molecule has 1 aromatic heterocycles. The molecule has 0 saturated heterocycles. The van der Waals surface area contributed by atoms with Crippen LogP contribution < -0.4 is 5.32 Å². The lowest BCUT2D eigenvalue weighted by atomic mass is 9.85. The fourth-order valence-corrected chi connectivity index (χ4v) is 2.32. The average molecular weight is 250 g/mol. The summed E-state index contributed by atoms with van der Waals surface area (Å²) < 4.78 is 0. The van der Waals surface area contributed by atoms with Crippen molar-refractivity contribution in [2.75, 3.05) is 11.9 Å². The van der Waals surface area contributed by atoms with Gasteiger partial charge in [0.1, 0.15) is 5.82 Å². The van der Waals surface area contributed by atoms with E-state index in [1.54, 1.807) is 0 Å². The number of anilines is 1. The Kier molecular flexibility index (Phi) is 5.60. The SMILES string of the molecule is Cc1nc(NCC(C(C)C)C(C)C)ccc1CO. The number of aromatic nitrogens is 1. The lowest BCUT2D eigenvalue weighted by molar-refractivity contribution is 0.280. The molecule has 0 amide bonds. The Balaban J connectivity index is 2.65. The molecule has 3 heteroatoms. The van der Waals surface area contributed by atoms with E-state index in [0.29, 0.717) is 17.8 Å². The highest BCUT2D eigenvalue weighted by atomic mass is 16.3. The normalized spacial score (nSPS) is 11.6. The Morgan fingerprint density at radius 2 is 1.78 bits per heavy atom. The Labute approximate surface area is 111 Å². The minimum Gasteiger partial charge on any atom is -0.392 e. The topological polar surface area (TPSA) is 45.2 Å². The van der Waals surface area contributed by atoms with Crippen LogP contribution in [0.25, 0.3) is 0 Å². The zero-order chi connectivity index (χ0) is 13.7. The molecule has 0 saturated carbocycles. The molecule has 102 valence electrons. The van der Waals surface area contributed by atoms with E-state index in [2.05, 4.69) is 38.0 Å². The smallest absolute Gasteiger partial charge is 0.126 e. The summed E-state index contributed by atoms with van der Waals surface area (Å²) in [4.78, 5) is 4.46. The van der Waals surface area contributed by atoms with E-state index in [9.17, 15) is 0 Å². The van der Waals surface area contributed by atoms with Crippen molar-refractivity contribution in [3.8, 4) is 0 Å². The van der Waals surface area contributed by atoms with Gasteiger partial charge in [-0.15, -0.1) is 0 Å². The summed E-state index contributed by atoms with van der Waals surface area (Å²) in [5.41, 5.74) is 1.79. The van der Waals surface area contributed by atoms with Crippen LogP contribution in [0.2, 0.25) is 0 Å². The Morgan fingerprint density at radius 1 is 1.17 bits per heavy atom. The number of hydrogen-bond donors (Lipinski definition) is 2. The van der Waals surface area contributed by atoms with Crippen LogP contribution in [0, 0.1) is 24.7 Å². The number of nitrogens with one attached hydrogen (secondary N) is 1. The van der Waals surface area contributed by atoms with Crippen molar-refractivity contribution < 1.29 is 5.11 Å². The van der Waals surface area contributed by atoms with Gasteiger partial charge in [-0.3, -0.25) is 0 Å². The second-order valence-corrected chi connectivity index (χ2v) is 5.63. The van der Waals surface area contributed by atoms with Crippen molar-refractivity contribution in [1.29, 1.82) is 0 Å². The molecule has 3 nitrogen and oxygen atoms in total. The van der Waals surface area contributed by atoms with Crippen LogP contribution in [0.4, 0.5) is 5.82 Å². The van der Waals surface area contributed by atoms with E-state index < -0.39 is 0 Å². The Hall–Kier alpha value is -1.09. The lowest BCUT2D eigenvalue weighted by Gasteiger charge is -2.25. The number of aliphatic hydroxyl groups excluding tert-OH is 1. The van der Waals surface area contributed by atoms with Crippen LogP contribution in [0.15, 0.2) is 12.1 Å². The maximum absolute atomic E-state index is 9.11. The number of pyridine rings is 1. The average Bonchev–Trinajstić information content (AvgIpc) is 2.28. The Bertz CT molecular complexity index is 367. The van der Waals surface area contributed by atoms with Gasteiger partial charge in [0.15, 0.2) is 0 Å². The molecule has 2 N–H and O–H groups in total. The van der Waals surface area contributed by atoms with Gasteiger partial charge >= 0.3 is 0 Å². The molecule has 0 radical (unpaired) electrons. The molecule has 1 aromatic rings.